The van der Waals surface area contributed by atoms with E-state index in [9.17, 15) is 9.90 Å². The number of esters is 1. The first-order valence-electron chi connectivity index (χ1n) is 7.27. The number of nitrogens with zero attached hydrogens (tertiary/aromatic N) is 3. The van der Waals surface area contributed by atoms with Gasteiger partial charge in [-0.15, -0.1) is 0 Å². The van der Waals surface area contributed by atoms with E-state index in [-0.39, 0.29) is 5.97 Å². The van der Waals surface area contributed by atoms with Crippen molar-refractivity contribution in [2.45, 2.75) is 41.8 Å². The van der Waals surface area contributed by atoms with E-state index in [1.807, 2.05) is 17.0 Å². The van der Waals surface area contributed by atoms with Crippen molar-refractivity contribution >= 4 is 17.7 Å². The first kappa shape index (κ1) is 16.0. The third-order valence-corrected chi connectivity index (χ3v) is 4.56. The molecule has 0 amide bonds. The number of aromatic nitrogens is 3. The van der Waals surface area contributed by atoms with Crippen LogP contribution in [0.15, 0.2) is 33.1 Å². The van der Waals surface area contributed by atoms with Crippen LogP contribution in [-0.2, 0) is 16.1 Å². The highest BCUT2D eigenvalue weighted by Gasteiger charge is 2.33. The molecule has 0 unspecified atom stereocenters. The average molecular weight is 338 g/mol. The number of piperidine rings is 1. The Morgan fingerprint density at radius 1 is 1.61 bits per heavy atom. The first-order chi connectivity index (χ1) is 11.2. The lowest BCUT2D eigenvalue weighted by Crippen LogP contribution is -2.48. The third kappa shape index (κ3) is 3.92. The van der Waals surface area contributed by atoms with E-state index in [0.29, 0.717) is 36.2 Å². The van der Waals surface area contributed by atoms with Crippen molar-refractivity contribution in [2.24, 2.45) is 0 Å². The predicted molar refractivity (Wildman–Crippen MR) is 80.7 cm³/mol. The summed E-state index contributed by atoms with van der Waals surface area (Å²) in [6, 6.07) is 3.28. The van der Waals surface area contributed by atoms with E-state index in [4.69, 9.17) is 9.15 Å². The van der Waals surface area contributed by atoms with E-state index >= 15 is 0 Å². The molecule has 0 radical (unpaired) electrons. The summed E-state index contributed by atoms with van der Waals surface area (Å²) < 4.78 is 10.6. The molecule has 1 fully saturated rings. The van der Waals surface area contributed by atoms with Crippen molar-refractivity contribution in [3.05, 3.63) is 24.2 Å². The molecular formula is C14H18N4O4S. The van der Waals surface area contributed by atoms with E-state index in [1.54, 1.807) is 0 Å². The molecule has 23 heavy (non-hydrogen) atoms. The van der Waals surface area contributed by atoms with Gasteiger partial charge in [0.1, 0.15) is 18.1 Å². The summed E-state index contributed by atoms with van der Waals surface area (Å²) in [6.07, 6.45) is 1.98. The number of furan rings is 1. The van der Waals surface area contributed by atoms with Gasteiger partial charge in [-0.25, -0.2) is 4.98 Å². The molecule has 2 aromatic heterocycles. The van der Waals surface area contributed by atoms with Crippen LogP contribution in [0.1, 0.15) is 18.6 Å². The Hall–Kier alpha value is -1.84. The Morgan fingerprint density at radius 2 is 2.48 bits per heavy atom. The van der Waals surface area contributed by atoms with Gasteiger partial charge in [0.05, 0.1) is 19.8 Å². The molecule has 2 aromatic rings. The number of carbonyl (C=O) groups is 1. The SMILES string of the molecule is COC(=O)[C@@H]1C[C@H](O)CCN1Cc1ccc(Sc2ncn[nH]2)o1. The van der Waals surface area contributed by atoms with Crippen LogP contribution in [0.5, 0.6) is 0 Å². The number of rotatable bonds is 5. The average Bonchev–Trinajstić information content (AvgIpc) is 3.21. The molecule has 2 atom stereocenters. The number of nitrogens with one attached hydrogen (secondary N) is 1. The summed E-state index contributed by atoms with van der Waals surface area (Å²) >= 11 is 1.34. The second-order valence-corrected chi connectivity index (χ2v) is 6.29. The van der Waals surface area contributed by atoms with Gasteiger partial charge in [-0.05, 0) is 36.7 Å². The van der Waals surface area contributed by atoms with Crippen molar-refractivity contribution in [2.75, 3.05) is 13.7 Å². The van der Waals surface area contributed by atoms with Gasteiger partial charge in [0.15, 0.2) is 10.2 Å². The maximum Gasteiger partial charge on any atom is 0.323 e. The number of aromatic amines is 1. The summed E-state index contributed by atoms with van der Waals surface area (Å²) in [5.41, 5.74) is 0. The fourth-order valence-corrected chi connectivity index (χ4v) is 3.28. The van der Waals surface area contributed by atoms with Crippen LogP contribution >= 0.6 is 11.8 Å². The molecule has 3 rings (SSSR count). The van der Waals surface area contributed by atoms with Gasteiger partial charge in [0.25, 0.3) is 0 Å². The summed E-state index contributed by atoms with van der Waals surface area (Å²) in [5, 5.41) is 17.7. The number of likely N-dealkylation sites (tertiary alicyclic amines) is 1. The molecule has 3 heterocycles. The molecule has 2 N–H and O–H groups in total. The van der Waals surface area contributed by atoms with Crippen molar-refractivity contribution in [3.63, 3.8) is 0 Å². The van der Waals surface area contributed by atoms with E-state index in [1.165, 1.54) is 25.2 Å². The predicted octanol–water partition coefficient (Wildman–Crippen LogP) is 1.05. The van der Waals surface area contributed by atoms with Crippen LogP contribution in [-0.4, -0.2) is 57.0 Å². The number of H-pyrrole nitrogens is 1. The molecular weight excluding hydrogens is 320 g/mol. The lowest BCUT2D eigenvalue weighted by Gasteiger charge is -2.35. The number of aliphatic hydroxyl groups is 1. The highest BCUT2D eigenvalue weighted by molar-refractivity contribution is 7.99. The highest BCUT2D eigenvalue weighted by atomic mass is 32.2. The Kier molecular flexibility index (Phi) is 4.99. The molecule has 1 aliphatic heterocycles. The van der Waals surface area contributed by atoms with Gasteiger partial charge in [0, 0.05) is 6.54 Å². The number of ether oxygens (including phenoxy) is 1. The highest BCUT2D eigenvalue weighted by Crippen LogP contribution is 2.28. The third-order valence-electron chi connectivity index (χ3n) is 3.75. The van der Waals surface area contributed by atoms with E-state index in [2.05, 4.69) is 15.2 Å². The molecule has 0 aromatic carbocycles. The zero-order valence-corrected chi connectivity index (χ0v) is 13.5. The topological polar surface area (TPSA) is 104 Å². The molecule has 0 saturated carbocycles. The molecule has 0 bridgehead atoms. The second kappa shape index (κ2) is 7.16. The number of hydrogen-bond acceptors (Lipinski definition) is 8. The maximum atomic E-state index is 11.9. The lowest BCUT2D eigenvalue weighted by atomic mass is 9.99. The van der Waals surface area contributed by atoms with Gasteiger partial charge >= 0.3 is 5.97 Å². The molecule has 124 valence electrons. The number of hydrogen-bond donors (Lipinski definition) is 2. The van der Waals surface area contributed by atoms with E-state index < -0.39 is 12.1 Å². The Balaban J connectivity index is 1.65. The van der Waals surface area contributed by atoms with Crippen LogP contribution in [0.25, 0.3) is 0 Å². The first-order valence-corrected chi connectivity index (χ1v) is 8.09. The monoisotopic (exact) mass is 338 g/mol. The fraction of sp³-hybridized carbons (Fsp3) is 0.500. The number of aliphatic hydroxyl groups excluding tert-OH is 1. The van der Waals surface area contributed by atoms with Crippen molar-refractivity contribution < 1.29 is 19.1 Å². The smallest absolute Gasteiger partial charge is 0.323 e. The zero-order chi connectivity index (χ0) is 16.2. The minimum absolute atomic E-state index is 0.327. The zero-order valence-electron chi connectivity index (χ0n) is 12.6. The van der Waals surface area contributed by atoms with Gasteiger partial charge in [-0.3, -0.25) is 14.8 Å². The fourth-order valence-electron chi connectivity index (χ4n) is 2.60. The van der Waals surface area contributed by atoms with Gasteiger partial charge in [-0.1, -0.05) is 0 Å². The quantitative estimate of drug-likeness (QED) is 0.780. The maximum absolute atomic E-state index is 11.9. The van der Waals surface area contributed by atoms with E-state index in [0.717, 1.165) is 5.76 Å². The Morgan fingerprint density at radius 3 is 3.22 bits per heavy atom. The molecule has 1 aliphatic rings. The standard InChI is InChI=1S/C14H18N4O4S/c1-21-13(20)11-6-9(19)4-5-18(11)7-10-2-3-12(22-10)23-14-15-8-16-17-14/h2-3,8-9,11,19H,4-7H2,1H3,(H,15,16,17)/t9-,11+/m1/s1. The van der Waals surface area contributed by atoms with Crippen LogP contribution in [0.4, 0.5) is 0 Å². The minimum Gasteiger partial charge on any atom is -0.468 e. The summed E-state index contributed by atoms with van der Waals surface area (Å²) in [5.74, 6) is 0.420. The van der Waals surface area contributed by atoms with Crippen LogP contribution in [0.3, 0.4) is 0 Å². The molecule has 9 heteroatoms. The van der Waals surface area contributed by atoms with Crippen LogP contribution in [0.2, 0.25) is 0 Å². The molecule has 0 aliphatic carbocycles. The summed E-state index contributed by atoms with van der Waals surface area (Å²) in [7, 11) is 1.36. The minimum atomic E-state index is -0.468. The molecule has 0 spiro atoms. The second-order valence-electron chi connectivity index (χ2n) is 5.30. The number of methoxy groups -OCH3 is 1. The largest absolute Gasteiger partial charge is 0.468 e. The van der Waals surface area contributed by atoms with Crippen molar-refractivity contribution in [3.8, 4) is 0 Å². The van der Waals surface area contributed by atoms with Crippen molar-refractivity contribution in [1.29, 1.82) is 0 Å². The Bertz CT molecular complexity index is 645. The van der Waals surface area contributed by atoms with Gasteiger partial charge in [-0.2, -0.15) is 5.10 Å². The molecule has 8 nitrogen and oxygen atoms in total. The van der Waals surface area contributed by atoms with Gasteiger partial charge in [0.2, 0.25) is 0 Å². The van der Waals surface area contributed by atoms with Crippen LogP contribution < -0.4 is 0 Å². The van der Waals surface area contributed by atoms with Crippen molar-refractivity contribution in [1.82, 2.24) is 20.1 Å². The summed E-state index contributed by atoms with van der Waals surface area (Å²) in [4.78, 5) is 17.9. The normalized spacial score (nSPS) is 22.2. The summed E-state index contributed by atoms with van der Waals surface area (Å²) in [6.45, 7) is 1.11. The number of carbonyl (C=O) groups excluding carboxylic acids is 1. The van der Waals surface area contributed by atoms with Crippen LogP contribution in [0, 0.1) is 0 Å². The Labute approximate surface area is 137 Å². The lowest BCUT2D eigenvalue weighted by molar-refractivity contribution is -0.150. The van der Waals surface area contributed by atoms with Gasteiger partial charge < -0.3 is 14.3 Å². The molecule has 1 saturated heterocycles.